The molecule has 2 aliphatic rings. The first kappa shape index (κ1) is 18.0. The standard InChI is InChI=1S/C21H20ClFN2O2/c22-16-6-3-7-17(23)19(16)20(26)24-15-9-8-13-10-11-25(18(13)12-15)21(27)14-4-1-2-5-14/h3,6-9,12,14H,1-2,4-5,10-11H2,(H,24,26). The lowest BCUT2D eigenvalue weighted by atomic mass is 10.1. The highest BCUT2D eigenvalue weighted by atomic mass is 35.5. The smallest absolute Gasteiger partial charge is 0.260 e. The lowest BCUT2D eigenvalue weighted by Gasteiger charge is -2.21. The van der Waals surface area contributed by atoms with E-state index in [2.05, 4.69) is 5.32 Å². The summed E-state index contributed by atoms with van der Waals surface area (Å²) in [6.45, 7) is 0.668. The fraction of sp³-hybridized carbons (Fsp3) is 0.333. The van der Waals surface area contributed by atoms with Crippen molar-refractivity contribution in [2.24, 2.45) is 5.92 Å². The van der Waals surface area contributed by atoms with Gasteiger partial charge in [-0.05, 0) is 49.1 Å². The predicted octanol–water partition coefficient (Wildman–Crippen LogP) is 4.81. The third-order valence-corrected chi connectivity index (χ3v) is 5.71. The molecule has 1 fully saturated rings. The highest BCUT2D eigenvalue weighted by Crippen LogP contribution is 2.35. The molecule has 0 atom stereocenters. The largest absolute Gasteiger partial charge is 0.322 e. The minimum Gasteiger partial charge on any atom is -0.322 e. The van der Waals surface area contributed by atoms with Crippen molar-refractivity contribution in [1.82, 2.24) is 0 Å². The summed E-state index contributed by atoms with van der Waals surface area (Å²) in [5.41, 5.74) is 2.26. The lowest BCUT2D eigenvalue weighted by Crippen LogP contribution is -2.33. The summed E-state index contributed by atoms with van der Waals surface area (Å²) < 4.78 is 14.0. The van der Waals surface area contributed by atoms with Crippen LogP contribution >= 0.6 is 11.6 Å². The van der Waals surface area contributed by atoms with E-state index in [1.54, 1.807) is 12.1 Å². The summed E-state index contributed by atoms with van der Waals surface area (Å²) in [5, 5.41) is 2.76. The van der Waals surface area contributed by atoms with Crippen LogP contribution in [0.4, 0.5) is 15.8 Å². The number of carbonyl (C=O) groups is 2. The molecule has 1 aliphatic carbocycles. The molecule has 2 aromatic rings. The number of hydrogen-bond donors (Lipinski definition) is 1. The second kappa shape index (κ2) is 7.31. The Morgan fingerprint density at radius 2 is 1.93 bits per heavy atom. The molecule has 140 valence electrons. The number of nitrogens with one attached hydrogen (secondary N) is 1. The van der Waals surface area contributed by atoms with Gasteiger partial charge in [0.1, 0.15) is 5.82 Å². The Bertz CT molecular complexity index is 889. The van der Waals surface area contributed by atoms with E-state index in [1.165, 1.54) is 18.2 Å². The monoisotopic (exact) mass is 386 g/mol. The molecule has 6 heteroatoms. The molecular formula is C21H20ClFN2O2. The average molecular weight is 387 g/mol. The number of halogens is 2. The minimum absolute atomic E-state index is 0.0618. The first-order valence-corrected chi connectivity index (χ1v) is 9.62. The van der Waals surface area contributed by atoms with E-state index in [0.717, 1.165) is 43.4 Å². The van der Waals surface area contributed by atoms with Crippen molar-refractivity contribution in [3.8, 4) is 0 Å². The number of hydrogen-bond acceptors (Lipinski definition) is 2. The molecule has 4 rings (SSSR count). The molecular weight excluding hydrogens is 367 g/mol. The Morgan fingerprint density at radius 3 is 2.67 bits per heavy atom. The second-order valence-electron chi connectivity index (χ2n) is 7.12. The molecule has 0 saturated heterocycles. The number of fused-ring (bicyclic) bond motifs is 1. The van der Waals surface area contributed by atoms with Crippen molar-refractivity contribution < 1.29 is 14.0 Å². The van der Waals surface area contributed by atoms with Crippen molar-refractivity contribution in [2.75, 3.05) is 16.8 Å². The number of carbonyl (C=O) groups excluding carboxylic acids is 2. The number of nitrogens with zero attached hydrogens (tertiary/aromatic N) is 1. The Kier molecular flexibility index (Phi) is 4.87. The fourth-order valence-electron chi connectivity index (χ4n) is 3.99. The molecule has 2 aromatic carbocycles. The quantitative estimate of drug-likeness (QED) is 0.822. The second-order valence-corrected chi connectivity index (χ2v) is 7.52. The van der Waals surface area contributed by atoms with Crippen LogP contribution in [-0.2, 0) is 11.2 Å². The van der Waals surface area contributed by atoms with Gasteiger partial charge in [0, 0.05) is 23.8 Å². The third-order valence-electron chi connectivity index (χ3n) is 5.40. The Labute approximate surface area is 162 Å². The SMILES string of the molecule is O=C(Nc1ccc2c(c1)N(C(=O)C1CCCC1)CC2)c1c(F)cccc1Cl. The van der Waals surface area contributed by atoms with Gasteiger partial charge in [0.2, 0.25) is 5.91 Å². The van der Waals surface area contributed by atoms with Crippen LogP contribution < -0.4 is 10.2 Å². The average Bonchev–Trinajstić information content (AvgIpc) is 3.31. The predicted molar refractivity (Wildman–Crippen MR) is 104 cm³/mol. The van der Waals surface area contributed by atoms with Crippen molar-refractivity contribution in [3.05, 3.63) is 58.4 Å². The molecule has 1 saturated carbocycles. The molecule has 0 bridgehead atoms. The van der Waals surface area contributed by atoms with Gasteiger partial charge >= 0.3 is 0 Å². The van der Waals surface area contributed by atoms with Gasteiger partial charge in [-0.3, -0.25) is 9.59 Å². The summed E-state index contributed by atoms with van der Waals surface area (Å²) in [5.74, 6) is -0.998. The normalized spacial score (nSPS) is 16.4. The van der Waals surface area contributed by atoms with Crippen molar-refractivity contribution in [1.29, 1.82) is 0 Å². The Balaban J connectivity index is 1.57. The summed E-state index contributed by atoms with van der Waals surface area (Å²) >= 11 is 5.97. The molecule has 0 unspecified atom stereocenters. The van der Waals surface area contributed by atoms with Crippen LogP contribution in [0.2, 0.25) is 5.02 Å². The van der Waals surface area contributed by atoms with E-state index in [-0.39, 0.29) is 22.4 Å². The van der Waals surface area contributed by atoms with Gasteiger partial charge in [-0.1, -0.05) is 36.6 Å². The van der Waals surface area contributed by atoms with E-state index < -0.39 is 11.7 Å². The molecule has 1 N–H and O–H groups in total. The molecule has 0 spiro atoms. The van der Waals surface area contributed by atoms with Gasteiger partial charge in [0.15, 0.2) is 0 Å². The van der Waals surface area contributed by atoms with E-state index in [0.29, 0.717) is 12.2 Å². The first-order chi connectivity index (χ1) is 13.0. The van der Waals surface area contributed by atoms with E-state index >= 15 is 0 Å². The molecule has 4 nitrogen and oxygen atoms in total. The zero-order chi connectivity index (χ0) is 19.0. The summed E-state index contributed by atoms with van der Waals surface area (Å²) in [7, 11) is 0. The maximum absolute atomic E-state index is 14.0. The number of amides is 2. The molecule has 1 aliphatic heterocycles. The molecule has 2 amide bonds. The van der Waals surface area contributed by atoms with Gasteiger partial charge < -0.3 is 10.2 Å². The van der Waals surface area contributed by atoms with Crippen molar-refractivity contribution in [2.45, 2.75) is 32.1 Å². The maximum Gasteiger partial charge on any atom is 0.260 e. The summed E-state index contributed by atoms with van der Waals surface area (Å²) in [4.78, 5) is 27.1. The molecule has 1 heterocycles. The lowest BCUT2D eigenvalue weighted by molar-refractivity contribution is -0.122. The maximum atomic E-state index is 14.0. The van der Waals surface area contributed by atoms with Gasteiger partial charge in [-0.2, -0.15) is 0 Å². The molecule has 27 heavy (non-hydrogen) atoms. The van der Waals surface area contributed by atoms with Crippen LogP contribution in [0.1, 0.15) is 41.6 Å². The van der Waals surface area contributed by atoms with Gasteiger partial charge in [-0.25, -0.2) is 4.39 Å². The summed E-state index contributed by atoms with van der Waals surface area (Å²) in [6, 6.07) is 9.61. The Hall–Kier alpha value is -2.40. The van der Waals surface area contributed by atoms with Crippen LogP contribution in [0.15, 0.2) is 36.4 Å². The molecule has 0 aromatic heterocycles. The van der Waals surface area contributed by atoms with Crippen LogP contribution in [0.3, 0.4) is 0 Å². The molecule has 0 radical (unpaired) electrons. The van der Waals surface area contributed by atoms with Gasteiger partial charge in [0.25, 0.3) is 5.91 Å². The topological polar surface area (TPSA) is 49.4 Å². The zero-order valence-electron chi connectivity index (χ0n) is 14.8. The third kappa shape index (κ3) is 3.44. The number of anilines is 2. The van der Waals surface area contributed by atoms with Gasteiger partial charge in [-0.15, -0.1) is 0 Å². The number of benzene rings is 2. The van der Waals surface area contributed by atoms with Crippen molar-refractivity contribution >= 4 is 34.8 Å². The summed E-state index contributed by atoms with van der Waals surface area (Å²) in [6.07, 6.45) is 4.92. The van der Waals surface area contributed by atoms with Gasteiger partial charge in [0.05, 0.1) is 10.6 Å². The van der Waals surface area contributed by atoms with E-state index in [9.17, 15) is 14.0 Å². The number of rotatable bonds is 3. The van der Waals surface area contributed by atoms with E-state index in [1.807, 2.05) is 11.0 Å². The van der Waals surface area contributed by atoms with Crippen LogP contribution in [0.5, 0.6) is 0 Å². The highest BCUT2D eigenvalue weighted by molar-refractivity contribution is 6.34. The zero-order valence-corrected chi connectivity index (χ0v) is 15.6. The van der Waals surface area contributed by atoms with Crippen LogP contribution in [0, 0.1) is 11.7 Å². The Morgan fingerprint density at radius 1 is 1.15 bits per heavy atom. The minimum atomic E-state index is -0.667. The van der Waals surface area contributed by atoms with Crippen LogP contribution in [-0.4, -0.2) is 18.4 Å². The highest BCUT2D eigenvalue weighted by Gasteiger charge is 2.32. The van der Waals surface area contributed by atoms with Crippen LogP contribution in [0.25, 0.3) is 0 Å². The van der Waals surface area contributed by atoms with Crippen molar-refractivity contribution in [3.63, 3.8) is 0 Å². The van der Waals surface area contributed by atoms with E-state index in [4.69, 9.17) is 11.6 Å². The fourth-order valence-corrected chi connectivity index (χ4v) is 4.24. The first-order valence-electron chi connectivity index (χ1n) is 9.24.